The Morgan fingerprint density at radius 1 is 1.11 bits per heavy atom. The molecule has 9 nitrogen and oxygen atoms in total. The molecule has 1 aromatic heterocycles. The third-order valence-corrected chi connectivity index (χ3v) is 10.6. The molecular formula is C33H45N3O6S2. The predicted octanol–water partition coefficient (Wildman–Crippen LogP) is 5.48. The highest BCUT2D eigenvalue weighted by atomic mass is 32.2. The van der Waals surface area contributed by atoms with Gasteiger partial charge in [-0.3, -0.25) is 14.4 Å². The average molecular weight is 644 g/mol. The van der Waals surface area contributed by atoms with E-state index in [1.54, 1.807) is 35.4 Å². The Morgan fingerprint density at radius 2 is 1.89 bits per heavy atom. The summed E-state index contributed by atoms with van der Waals surface area (Å²) in [5.74, 6) is -0.0130. The molecule has 4 rings (SSSR count). The highest BCUT2D eigenvalue weighted by Crippen LogP contribution is 2.30. The summed E-state index contributed by atoms with van der Waals surface area (Å²) in [4.78, 5) is 18.2. The fourth-order valence-corrected chi connectivity index (χ4v) is 7.38. The first-order valence-electron chi connectivity index (χ1n) is 15.2. The number of thiophene rings is 1. The van der Waals surface area contributed by atoms with Crippen molar-refractivity contribution in [3.63, 3.8) is 0 Å². The standard InChI is InChI=1S/C33H45N3O6S2/c1-24-20-36(25(2)23-37)33(38)29-19-28(34-44(39,40)32-14-10-18-43-32)15-16-30(29)42-26(3)11-8-9-17-41-31(24)22-35(4)21-27-12-6-5-7-13-27/h5-7,10,12-16,18-19,24-26,31,34,37H,8-9,11,17,20-23H2,1-4H3/t24-,25-,26+,31+/m0/s1. The summed E-state index contributed by atoms with van der Waals surface area (Å²) >= 11 is 1.12. The largest absolute Gasteiger partial charge is 0.490 e. The van der Waals surface area contributed by atoms with Crippen LogP contribution in [-0.4, -0.2) is 80.8 Å². The second-order valence-corrected chi connectivity index (χ2v) is 14.6. The van der Waals surface area contributed by atoms with Crippen LogP contribution in [0.15, 0.2) is 70.3 Å². The molecule has 0 unspecified atom stereocenters. The van der Waals surface area contributed by atoms with E-state index >= 15 is 0 Å². The van der Waals surface area contributed by atoms with Crippen LogP contribution in [0, 0.1) is 5.92 Å². The molecule has 1 aliphatic rings. The van der Waals surface area contributed by atoms with Gasteiger partial charge in [0.05, 0.1) is 30.4 Å². The number of amides is 1. The van der Waals surface area contributed by atoms with E-state index in [4.69, 9.17) is 9.47 Å². The third kappa shape index (κ3) is 9.28. The highest BCUT2D eigenvalue weighted by Gasteiger charge is 2.30. The Hall–Kier alpha value is -2.96. The molecule has 2 heterocycles. The number of likely N-dealkylation sites (N-methyl/N-ethyl adjacent to an activating group) is 1. The number of ether oxygens (including phenoxy) is 2. The molecule has 44 heavy (non-hydrogen) atoms. The van der Waals surface area contributed by atoms with Crippen molar-refractivity contribution in [2.75, 3.05) is 38.1 Å². The van der Waals surface area contributed by atoms with Crippen molar-refractivity contribution in [2.24, 2.45) is 5.92 Å². The van der Waals surface area contributed by atoms with Crippen LogP contribution in [0.25, 0.3) is 0 Å². The molecule has 0 spiro atoms. The normalized spacial score (nSPS) is 21.3. The minimum atomic E-state index is -3.82. The van der Waals surface area contributed by atoms with Gasteiger partial charge in [-0.1, -0.05) is 43.3 Å². The van der Waals surface area contributed by atoms with E-state index in [9.17, 15) is 18.3 Å². The van der Waals surface area contributed by atoms with Crippen LogP contribution in [0.5, 0.6) is 5.75 Å². The number of carbonyl (C=O) groups is 1. The lowest BCUT2D eigenvalue weighted by atomic mass is 10.0. The van der Waals surface area contributed by atoms with Crippen molar-refractivity contribution in [3.8, 4) is 5.75 Å². The summed E-state index contributed by atoms with van der Waals surface area (Å²) in [6.07, 6.45) is 2.23. The smallest absolute Gasteiger partial charge is 0.271 e. The lowest BCUT2D eigenvalue weighted by Gasteiger charge is -2.36. The van der Waals surface area contributed by atoms with Crippen LogP contribution >= 0.6 is 11.3 Å². The zero-order chi connectivity index (χ0) is 31.7. The fourth-order valence-electron chi connectivity index (χ4n) is 5.34. The van der Waals surface area contributed by atoms with Gasteiger partial charge in [-0.05, 0) is 75.4 Å². The van der Waals surface area contributed by atoms with E-state index in [1.165, 1.54) is 17.7 Å². The van der Waals surface area contributed by atoms with Crippen molar-refractivity contribution >= 4 is 33.0 Å². The number of hydrogen-bond acceptors (Lipinski definition) is 8. The Bertz CT molecular complexity index is 1430. The minimum absolute atomic E-state index is 0.0575. The van der Waals surface area contributed by atoms with Gasteiger partial charge in [-0.15, -0.1) is 11.3 Å². The first-order chi connectivity index (χ1) is 21.1. The summed E-state index contributed by atoms with van der Waals surface area (Å²) in [5, 5.41) is 11.9. The molecule has 11 heteroatoms. The Balaban J connectivity index is 1.63. The summed E-state index contributed by atoms with van der Waals surface area (Å²) in [7, 11) is -1.75. The number of anilines is 1. The van der Waals surface area contributed by atoms with E-state index in [0.717, 1.165) is 37.1 Å². The van der Waals surface area contributed by atoms with Crippen molar-refractivity contribution in [1.29, 1.82) is 0 Å². The van der Waals surface area contributed by atoms with Crippen LogP contribution in [0.2, 0.25) is 0 Å². The van der Waals surface area contributed by atoms with Gasteiger partial charge in [0.15, 0.2) is 0 Å². The molecule has 2 aromatic carbocycles. The molecule has 240 valence electrons. The first kappa shape index (κ1) is 33.9. The highest BCUT2D eigenvalue weighted by molar-refractivity contribution is 7.94. The van der Waals surface area contributed by atoms with Gasteiger partial charge in [0.2, 0.25) is 0 Å². The summed E-state index contributed by atoms with van der Waals surface area (Å²) in [6.45, 7) is 8.01. The van der Waals surface area contributed by atoms with Crippen molar-refractivity contribution in [3.05, 3.63) is 77.2 Å². The number of fused-ring (bicyclic) bond motifs is 1. The number of benzene rings is 2. The molecule has 4 atom stereocenters. The van der Waals surface area contributed by atoms with Crippen LogP contribution in [0.4, 0.5) is 5.69 Å². The Labute approximate surface area is 265 Å². The molecular weight excluding hydrogens is 599 g/mol. The van der Waals surface area contributed by atoms with Crippen molar-refractivity contribution in [1.82, 2.24) is 9.80 Å². The van der Waals surface area contributed by atoms with E-state index in [-0.39, 0.29) is 46.1 Å². The maximum atomic E-state index is 14.3. The molecule has 2 N–H and O–H groups in total. The summed E-state index contributed by atoms with van der Waals surface area (Å²) < 4.78 is 41.4. The Morgan fingerprint density at radius 3 is 2.59 bits per heavy atom. The van der Waals surface area contributed by atoms with E-state index < -0.39 is 16.1 Å². The number of aliphatic hydroxyl groups is 1. The average Bonchev–Trinajstić information content (AvgIpc) is 3.55. The van der Waals surface area contributed by atoms with Gasteiger partial charge in [-0.2, -0.15) is 0 Å². The molecule has 0 radical (unpaired) electrons. The summed E-state index contributed by atoms with van der Waals surface area (Å²) in [5.41, 5.74) is 1.72. The lowest BCUT2D eigenvalue weighted by Crippen LogP contribution is -2.47. The molecule has 0 saturated heterocycles. The second-order valence-electron chi connectivity index (χ2n) is 11.7. The number of aliphatic hydroxyl groups excluding tert-OH is 1. The van der Waals surface area contributed by atoms with Gasteiger partial charge >= 0.3 is 0 Å². The Kier molecular flexibility index (Phi) is 12.2. The molecule has 1 aliphatic heterocycles. The van der Waals surface area contributed by atoms with Crippen molar-refractivity contribution < 1.29 is 27.8 Å². The van der Waals surface area contributed by atoms with Gasteiger partial charge in [0, 0.05) is 37.8 Å². The van der Waals surface area contributed by atoms with Crippen LogP contribution in [0.1, 0.15) is 56.0 Å². The SMILES string of the molecule is C[C@@H]1CCCCO[C@H](CN(C)Cc2ccccc2)[C@@H](C)CN([C@@H](C)CO)C(=O)c2cc(NS(=O)(=O)c3cccs3)ccc2O1. The van der Waals surface area contributed by atoms with Gasteiger partial charge < -0.3 is 19.5 Å². The number of nitrogens with one attached hydrogen (secondary N) is 1. The lowest BCUT2D eigenvalue weighted by molar-refractivity contribution is -0.0177. The first-order valence-corrected chi connectivity index (χ1v) is 17.6. The molecule has 1 amide bonds. The maximum absolute atomic E-state index is 14.3. The number of sulfonamides is 1. The molecule has 0 bridgehead atoms. The van der Waals surface area contributed by atoms with Gasteiger partial charge in [-0.25, -0.2) is 8.42 Å². The van der Waals surface area contributed by atoms with Gasteiger partial charge in [0.1, 0.15) is 9.96 Å². The van der Waals surface area contributed by atoms with Crippen LogP contribution in [0.3, 0.4) is 0 Å². The quantitative estimate of drug-likeness (QED) is 0.318. The number of nitrogens with zero attached hydrogens (tertiary/aromatic N) is 2. The van der Waals surface area contributed by atoms with Crippen LogP contribution in [-0.2, 0) is 21.3 Å². The molecule has 0 fully saturated rings. The predicted molar refractivity (Wildman–Crippen MR) is 175 cm³/mol. The van der Waals surface area contributed by atoms with Gasteiger partial charge in [0.25, 0.3) is 15.9 Å². The topological polar surface area (TPSA) is 108 Å². The second kappa shape index (κ2) is 15.9. The number of hydrogen-bond donors (Lipinski definition) is 2. The number of carbonyl (C=O) groups excluding carboxylic acids is 1. The van der Waals surface area contributed by atoms with E-state index in [0.29, 0.717) is 25.4 Å². The third-order valence-electron chi connectivity index (χ3n) is 7.85. The summed E-state index contributed by atoms with van der Waals surface area (Å²) in [6, 6.07) is 17.8. The molecule has 3 aromatic rings. The number of rotatable bonds is 9. The van der Waals surface area contributed by atoms with Crippen molar-refractivity contribution in [2.45, 2.75) is 69.0 Å². The minimum Gasteiger partial charge on any atom is -0.490 e. The monoisotopic (exact) mass is 643 g/mol. The van der Waals surface area contributed by atoms with Crippen LogP contribution < -0.4 is 9.46 Å². The maximum Gasteiger partial charge on any atom is 0.271 e. The zero-order valence-electron chi connectivity index (χ0n) is 26.0. The van der Waals surface area contributed by atoms with E-state index in [2.05, 4.69) is 35.7 Å². The zero-order valence-corrected chi connectivity index (χ0v) is 27.6. The molecule has 0 aliphatic carbocycles. The van der Waals surface area contributed by atoms with E-state index in [1.807, 2.05) is 25.1 Å². The fraction of sp³-hybridized carbons (Fsp3) is 0.485. The molecule has 0 saturated carbocycles.